The minimum Gasteiger partial charge on any atom is -0.504 e. The van der Waals surface area contributed by atoms with E-state index in [4.69, 9.17) is 11.6 Å². The molecule has 0 heterocycles. The predicted octanol–water partition coefficient (Wildman–Crippen LogP) is 2.80. The van der Waals surface area contributed by atoms with Gasteiger partial charge < -0.3 is 10.2 Å². The Bertz CT molecular complexity index is 890. The molecule has 0 aliphatic heterocycles. The molecule has 0 saturated carbocycles. The number of rotatable bonds is 4. The summed E-state index contributed by atoms with van der Waals surface area (Å²) in [6, 6.07) is 8.25. The van der Waals surface area contributed by atoms with Gasteiger partial charge in [0.15, 0.2) is 11.5 Å². The molecule has 0 aliphatic carbocycles. The molecule has 23 heavy (non-hydrogen) atoms. The van der Waals surface area contributed by atoms with Crippen molar-refractivity contribution >= 4 is 27.5 Å². The largest absolute Gasteiger partial charge is 0.504 e. The summed E-state index contributed by atoms with van der Waals surface area (Å²) in [6.45, 7) is 0. The lowest BCUT2D eigenvalue weighted by Gasteiger charge is -2.03. The predicted molar refractivity (Wildman–Crippen MR) is 83.4 cm³/mol. The molecule has 0 amide bonds. The Kier molecular flexibility index (Phi) is 4.57. The van der Waals surface area contributed by atoms with Crippen molar-refractivity contribution in [1.82, 2.24) is 0 Å². The van der Waals surface area contributed by atoms with E-state index in [9.17, 15) is 28.7 Å². The molecule has 9 heteroatoms. The third kappa shape index (κ3) is 3.61. The van der Waals surface area contributed by atoms with Gasteiger partial charge in [-0.3, -0.25) is 10.1 Å². The van der Waals surface area contributed by atoms with Gasteiger partial charge in [-0.2, -0.15) is 0 Å². The van der Waals surface area contributed by atoms with Gasteiger partial charge in [0.05, 0.1) is 9.82 Å². The topological polar surface area (TPSA) is 118 Å². The van der Waals surface area contributed by atoms with E-state index in [-0.39, 0.29) is 10.5 Å². The van der Waals surface area contributed by atoms with E-state index in [2.05, 4.69) is 0 Å². The van der Waals surface area contributed by atoms with Crippen LogP contribution < -0.4 is 0 Å². The summed E-state index contributed by atoms with van der Waals surface area (Å²) < 4.78 is 24.8. The Labute approximate surface area is 136 Å². The monoisotopic (exact) mass is 355 g/mol. The van der Waals surface area contributed by atoms with E-state index < -0.39 is 31.3 Å². The molecule has 2 rings (SSSR count). The Morgan fingerprint density at radius 3 is 2.22 bits per heavy atom. The molecular weight excluding hydrogens is 346 g/mol. The number of halogens is 1. The number of sulfone groups is 1. The minimum atomic E-state index is -4.38. The Morgan fingerprint density at radius 2 is 1.70 bits per heavy atom. The smallest absolute Gasteiger partial charge is 0.364 e. The van der Waals surface area contributed by atoms with Crippen LogP contribution >= 0.6 is 11.6 Å². The molecule has 0 aliphatic rings. The lowest BCUT2D eigenvalue weighted by molar-refractivity contribution is -0.410. The number of phenolic OH excluding ortho intramolecular Hbond substituents is 2. The minimum absolute atomic E-state index is 0.0459. The number of phenols is 2. The van der Waals surface area contributed by atoms with Crippen LogP contribution in [0.3, 0.4) is 0 Å². The molecule has 0 spiro atoms. The highest BCUT2D eigenvalue weighted by atomic mass is 35.5. The molecule has 2 N–H and O–H groups in total. The Morgan fingerprint density at radius 1 is 1.09 bits per heavy atom. The van der Waals surface area contributed by atoms with Crippen LogP contribution in [0.4, 0.5) is 0 Å². The van der Waals surface area contributed by atoms with Crippen LogP contribution in [0.15, 0.2) is 52.4 Å². The van der Waals surface area contributed by atoms with E-state index >= 15 is 0 Å². The maximum Gasteiger partial charge on any atom is 0.364 e. The maximum absolute atomic E-state index is 12.4. The van der Waals surface area contributed by atoms with Gasteiger partial charge in [-0.1, -0.05) is 17.7 Å². The number of hydrogen-bond donors (Lipinski definition) is 2. The standard InChI is InChI=1S/C14H10ClNO6S/c15-10-2-4-11(5-3-10)23(21,22)14(16(19)20)8-9-1-6-12(17)13(18)7-9/h1-8,17-18H. The molecule has 0 radical (unpaired) electrons. The summed E-state index contributed by atoms with van der Waals surface area (Å²) in [5.74, 6) is -0.948. The highest BCUT2D eigenvalue weighted by Crippen LogP contribution is 2.28. The average Bonchev–Trinajstić information content (AvgIpc) is 2.48. The van der Waals surface area contributed by atoms with Gasteiger partial charge in [0.2, 0.25) is 0 Å². The molecular formula is C14H10ClNO6S. The summed E-state index contributed by atoms with van der Waals surface area (Å²) in [7, 11) is -4.38. The summed E-state index contributed by atoms with van der Waals surface area (Å²) in [5, 5.41) is 29.0. The summed E-state index contributed by atoms with van der Waals surface area (Å²) in [5.41, 5.74) is 0.0459. The molecule has 0 fully saturated rings. The van der Waals surface area contributed by atoms with Crippen LogP contribution in [-0.4, -0.2) is 23.6 Å². The Balaban J connectivity index is 2.57. The van der Waals surface area contributed by atoms with Crippen molar-refractivity contribution in [1.29, 1.82) is 0 Å². The molecule has 0 aromatic heterocycles. The number of nitro groups is 1. The van der Waals surface area contributed by atoms with Crippen LogP contribution in [0.2, 0.25) is 5.02 Å². The molecule has 2 aromatic rings. The SMILES string of the molecule is O=[N+]([O-])C(=Cc1ccc(O)c(O)c1)S(=O)(=O)c1ccc(Cl)cc1. The lowest BCUT2D eigenvalue weighted by Crippen LogP contribution is -2.12. The summed E-state index contributed by atoms with van der Waals surface area (Å²) >= 11 is 5.67. The number of hydrogen-bond acceptors (Lipinski definition) is 6. The third-order valence-electron chi connectivity index (χ3n) is 2.87. The van der Waals surface area contributed by atoms with Crippen LogP contribution in [0.1, 0.15) is 5.56 Å². The van der Waals surface area contributed by atoms with Crippen molar-refractivity contribution in [3.63, 3.8) is 0 Å². The van der Waals surface area contributed by atoms with Gasteiger partial charge in [-0.05, 0) is 42.0 Å². The molecule has 7 nitrogen and oxygen atoms in total. The quantitative estimate of drug-likeness (QED) is 0.494. The van der Waals surface area contributed by atoms with E-state index in [1.54, 1.807) is 0 Å². The van der Waals surface area contributed by atoms with E-state index in [1.165, 1.54) is 18.2 Å². The van der Waals surface area contributed by atoms with E-state index in [0.29, 0.717) is 5.02 Å². The van der Waals surface area contributed by atoms with Gasteiger partial charge in [0, 0.05) is 11.1 Å². The third-order valence-corrected chi connectivity index (χ3v) is 4.83. The highest BCUT2D eigenvalue weighted by Gasteiger charge is 2.31. The molecule has 0 atom stereocenters. The zero-order valence-electron chi connectivity index (χ0n) is 11.4. The average molecular weight is 356 g/mol. The van der Waals surface area contributed by atoms with Gasteiger partial charge in [0.1, 0.15) is 0 Å². The second kappa shape index (κ2) is 6.27. The first-order valence-corrected chi connectivity index (χ1v) is 7.96. The lowest BCUT2D eigenvalue weighted by atomic mass is 10.2. The first-order valence-electron chi connectivity index (χ1n) is 6.10. The van der Waals surface area contributed by atoms with Crippen molar-refractivity contribution in [2.45, 2.75) is 4.90 Å². The van der Waals surface area contributed by atoms with Gasteiger partial charge in [0.25, 0.3) is 9.84 Å². The van der Waals surface area contributed by atoms with Crippen molar-refractivity contribution in [2.24, 2.45) is 0 Å². The fourth-order valence-corrected chi connectivity index (χ4v) is 3.09. The van der Waals surface area contributed by atoms with Gasteiger partial charge >= 0.3 is 5.03 Å². The molecule has 0 saturated heterocycles. The first-order chi connectivity index (χ1) is 10.7. The normalized spacial score (nSPS) is 12.1. The second-order valence-corrected chi connectivity index (χ2v) is 6.78. The van der Waals surface area contributed by atoms with Gasteiger partial charge in [-0.25, -0.2) is 8.42 Å². The van der Waals surface area contributed by atoms with Crippen LogP contribution in [0.25, 0.3) is 6.08 Å². The Hall–Kier alpha value is -2.58. The summed E-state index contributed by atoms with van der Waals surface area (Å²) in [6.07, 6.45) is 0.795. The molecule has 0 unspecified atom stereocenters. The van der Waals surface area contributed by atoms with Gasteiger partial charge in [-0.15, -0.1) is 0 Å². The summed E-state index contributed by atoms with van der Waals surface area (Å²) in [4.78, 5) is 9.84. The van der Waals surface area contributed by atoms with Crippen LogP contribution in [-0.2, 0) is 9.84 Å². The van der Waals surface area contributed by atoms with Crippen molar-refractivity contribution in [3.8, 4) is 11.5 Å². The fourth-order valence-electron chi connectivity index (χ4n) is 1.74. The molecule has 2 aromatic carbocycles. The van der Waals surface area contributed by atoms with E-state index in [1.807, 2.05) is 0 Å². The van der Waals surface area contributed by atoms with E-state index in [0.717, 1.165) is 30.3 Å². The molecule has 120 valence electrons. The first kappa shape index (κ1) is 16.8. The van der Waals surface area contributed by atoms with Crippen molar-refractivity contribution in [3.05, 3.63) is 68.2 Å². The number of aromatic hydroxyl groups is 2. The highest BCUT2D eigenvalue weighted by molar-refractivity contribution is 7.95. The number of benzene rings is 2. The van der Waals surface area contributed by atoms with Crippen molar-refractivity contribution in [2.75, 3.05) is 0 Å². The maximum atomic E-state index is 12.4. The van der Waals surface area contributed by atoms with Crippen LogP contribution in [0.5, 0.6) is 11.5 Å². The zero-order chi connectivity index (χ0) is 17.2. The second-order valence-electron chi connectivity index (χ2n) is 4.45. The molecule has 0 bridgehead atoms. The van der Waals surface area contributed by atoms with Crippen molar-refractivity contribution < 1.29 is 23.6 Å². The zero-order valence-corrected chi connectivity index (χ0v) is 13.0. The van der Waals surface area contributed by atoms with Crippen LogP contribution in [0, 0.1) is 10.1 Å². The fraction of sp³-hybridized carbons (Fsp3) is 0. The number of nitrogens with zero attached hydrogens (tertiary/aromatic N) is 1.